The molecule has 0 aromatic heterocycles. The Kier molecular flexibility index (Phi) is 4.60. The molecular formula is C16H10ClNO3. The molecule has 0 fully saturated rings. The van der Waals surface area contributed by atoms with Crippen LogP contribution in [0.2, 0.25) is 5.02 Å². The van der Waals surface area contributed by atoms with E-state index in [0.29, 0.717) is 27.6 Å². The number of rotatable bonds is 4. The highest BCUT2D eigenvalue weighted by Gasteiger charge is 2.08. The summed E-state index contributed by atoms with van der Waals surface area (Å²) in [7, 11) is 0. The summed E-state index contributed by atoms with van der Waals surface area (Å²) >= 11 is 6.09. The van der Waals surface area contributed by atoms with Crippen LogP contribution in [0.4, 0.5) is 0 Å². The molecule has 0 spiro atoms. The van der Waals surface area contributed by atoms with Crippen molar-refractivity contribution in [1.82, 2.24) is 0 Å². The van der Waals surface area contributed by atoms with Crippen molar-refractivity contribution in [1.29, 1.82) is 5.26 Å². The summed E-state index contributed by atoms with van der Waals surface area (Å²) in [5, 5.41) is 17.8. The summed E-state index contributed by atoms with van der Waals surface area (Å²) in [6.07, 6.45) is 2.42. The molecule has 2 aromatic rings. The van der Waals surface area contributed by atoms with Gasteiger partial charge in [-0.1, -0.05) is 23.7 Å². The molecule has 21 heavy (non-hydrogen) atoms. The van der Waals surface area contributed by atoms with Crippen molar-refractivity contribution in [2.45, 2.75) is 0 Å². The van der Waals surface area contributed by atoms with Gasteiger partial charge in [-0.25, -0.2) is 4.79 Å². The number of nitriles is 1. The van der Waals surface area contributed by atoms with E-state index in [1.54, 1.807) is 42.5 Å². The Morgan fingerprint density at radius 2 is 1.95 bits per heavy atom. The van der Waals surface area contributed by atoms with E-state index in [1.165, 1.54) is 6.08 Å². The van der Waals surface area contributed by atoms with Gasteiger partial charge in [0.1, 0.15) is 5.75 Å². The molecule has 0 aliphatic carbocycles. The highest BCUT2D eigenvalue weighted by Crippen LogP contribution is 2.33. The van der Waals surface area contributed by atoms with Gasteiger partial charge in [0.05, 0.1) is 16.7 Å². The van der Waals surface area contributed by atoms with E-state index < -0.39 is 5.97 Å². The van der Waals surface area contributed by atoms with Gasteiger partial charge in [-0.15, -0.1) is 0 Å². The normalized spacial score (nSPS) is 10.3. The zero-order valence-electron chi connectivity index (χ0n) is 10.8. The second kappa shape index (κ2) is 6.60. The van der Waals surface area contributed by atoms with Crippen LogP contribution < -0.4 is 4.74 Å². The fourth-order valence-electron chi connectivity index (χ4n) is 1.64. The minimum Gasteiger partial charge on any atom is -0.478 e. The molecule has 0 radical (unpaired) electrons. The molecule has 0 heterocycles. The van der Waals surface area contributed by atoms with E-state index in [0.717, 1.165) is 6.08 Å². The quantitative estimate of drug-likeness (QED) is 0.863. The van der Waals surface area contributed by atoms with Crippen LogP contribution in [-0.2, 0) is 4.79 Å². The molecule has 104 valence electrons. The number of para-hydroxylation sites is 1. The summed E-state index contributed by atoms with van der Waals surface area (Å²) in [6, 6.07) is 13.6. The van der Waals surface area contributed by atoms with E-state index in [-0.39, 0.29) is 0 Å². The van der Waals surface area contributed by atoms with Crippen LogP contribution in [0.5, 0.6) is 11.5 Å². The fourth-order valence-corrected chi connectivity index (χ4v) is 1.86. The standard InChI is InChI=1S/C16H10ClNO3/c17-14-3-1-2-12(6-9-15(19)20)16(14)21-13-7-4-11(10-18)5-8-13/h1-9H,(H,19,20)/b9-6+. The number of hydrogen-bond acceptors (Lipinski definition) is 3. The number of ether oxygens (including phenoxy) is 1. The van der Waals surface area contributed by atoms with E-state index in [1.807, 2.05) is 6.07 Å². The first-order chi connectivity index (χ1) is 10.1. The number of nitrogens with zero attached hydrogens (tertiary/aromatic N) is 1. The van der Waals surface area contributed by atoms with Gasteiger partial charge in [0.15, 0.2) is 5.75 Å². The zero-order chi connectivity index (χ0) is 15.2. The highest BCUT2D eigenvalue weighted by molar-refractivity contribution is 6.32. The third kappa shape index (κ3) is 3.85. The van der Waals surface area contributed by atoms with Crippen molar-refractivity contribution in [3.05, 3.63) is 64.7 Å². The molecular weight excluding hydrogens is 290 g/mol. The SMILES string of the molecule is N#Cc1ccc(Oc2c(Cl)cccc2/C=C/C(=O)O)cc1. The smallest absolute Gasteiger partial charge is 0.328 e. The maximum Gasteiger partial charge on any atom is 0.328 e. The third-order valence-electron chi connectivity index (χ3n) is 2.61. The number of halogens is 1. The molecule has 0 unspecified atom stereocenters. The van der Waals surface area contributed by atoms with Gasteiger partial charge < -0.3 is 9.84 Å². The molecule has 0 aliphatic heterocycles. The lowest BCUT2D eigenvalue weighted by Gasteiger charge is -2.10. The van der Waals surface area contributed by atoms with E-state index in [4.69, 9.17) is 26.7 Å². The highest BCUT2D eigenvalue weighted by atomic mass is 35.5. The first-order valence-corrected chi connectivity index (χ1v) is 6.35. The number of hydrogen-bond donors (Lipinski definition) is 1. The van der Waals surface area contributed by atoms with E-state index in [2.05, 4.69) is 0 Å². The largest absolute Gasteiger partial charge is 0.478 e. The van der Waals surface area contributed by atoms with Crippen molar-refractivity contribution < 1.29 is 14.6 Å². The summed E-state index contributed by atoms with van der Waals surface area (Å²) in [4.78, 5) is 10.6. The first-order valence-electron chi connectivity index (χ1n) is 5.97. The van der Waals surface area contributed by atoms with E-state index in [9.17, 15) is 4.79 Å². The molecule has 0 bridgehead atoms. The lowest BCUT2D eigenvalue weighted by Crippen LogP contribution is -1.91. The van der Waals surface area contributed by atoms with Crippen LogP contribution in [0.3, 0.4) is 0 Å². The molecule has 4 nitrogen and oxygen atoms in total. The number of carboxylic acids is 1. The van der Waals surface area contributed by atoms with Crippen LogP contribution in [0.25, 0.3) is 6.08 Å². The lowest BCUT2D eigenvalue weighted by molar-refractivity contribution is -0.131. The molecule has 2 rings (SSSR count). The Labute approximate surface area is 126 Å². The molecule has 1 N–H and O–H groups in total. The van der Waals surface area contributed by atoms with Gasteiger partial charge in [-0.05, 0) is 36.4 Å². The van der Waals surface area contributed by atoms with Crippen LogP contribution in [0.15, 0.2) is 48.5 Å². The van der Waals surface area contributed by atoms with Crippen molar-refractivity contribution >= 4 is 23.6 Å². The Balaban J connectivity index is 2.34. The van der Waals surface area contributed by atoms with Crippen LogP contribution in [0.1, 0.15) is 11.1 Å². The first kappa shape index (κ1) is 14.6. The average Bonchev–Trinajstić information content (AvgIpc) is 2.48. The second-order valence-corrected chi connectivity index (χ2v) is 4.48. The maximum atomic E-state index is 10.6. The van der Waals surface area contributed by atoms with Crippen LogP contribution in [-0.4, -0.2) is 11.1 Å². The number of benzene rings is 2. The van der Waals surface area contributed by atoms with Crippen LogP contribution >= 0.6 is 11.6 Å². The molecule has 0 amide bonds. The summed E-state index contributed by atoms with van der Waals surface area (Å²) in [6.45, 7) is 0. The zero-order valence-corrected chi connectivity index (χ0v) is 11.5. The Bertz CT molecular complexity index is 730. The summed E-state index contributed by atoms with van der Waals surface area (Å²) in [5.74, 6) is -0.187. The Hall–Kier alpha value is -2.77. The predicted octanol–water partition coefficient (Wildman–Crippen LogP) is 4.10. The van der Waals surface area contributed by atoms with Gasteiger partial charge in [-0.2, -0.15) is 5.26 Å². The molecule has 0 aliphatic rings. The molecule has 0 saturated carbocycles. The van der Waals surface area contributed by atoms with Crippen molar-refractivity contribution in [3.63, 3.8) is 0 Å². The topological polar surface area (TPSA) is 70.3 Å². The number of carbonyl (C=O) groups is 1. The minimum absolute atomic E-state index is 0.362. The summed E-state index contributed by atoms with van der Waals surface area (Å²) in [5.41, 5.74) is 1.07. The monoisotopic (exact) mass is 299 g/mol. The fraction of sp³-hybridized carbons (Fsp3) is 0. The second-order valence-electron chi connectivity index (χ2n) is 4.07. The lowest BCUT2D eigenvalue weighted by atomic mass is 10.2. The molecule has 5 heteroatoms. The molecule has 0 saturated heterocycles. The Morgan fingerprint density at radius 1 is 1.24 bits per heavy atom. The number of carboxylic acid groups (broad SMARTS) is 1. The van der Waals surface area contributed by atoms with Crippen LogP contribution in [0, 0.1) is 11.3 Å². The molecule has 2 aromatic carbocycles. The third-order valence-corrected chi connectivity index (χ3v) is 2.90. The van der Waals surface area contributed by atoms with Crippen molar-refractivity contribution in [2.24, 2.45) is 0 Å². The van der Waals surface area contributed by atoms with Gasteiger partial charge in [0, 0.05) is 11.6 Å². The minimum atomic E-state index is -1.06. The van der Waals surface area contributed by atoms with Gasteiger partial charge in [0.2, 0.25) is 0 Å². The summed E-state index contributed by atoms with van der Waals surface area (Å²) < 4.78 is 5.69. The van der Waals surface area contributed by atoms with Gasteiger partial charge >= 0.3 is 5.97 Å². The van der Waals surface area contributed by atoms with E-state index >= 15 is 0 Å². The Morgan fingerprint density at radius 3 is 2.57 bits per heavy atom. The number of aliphatic carboxylic acids is 1. The maximum absolute atomic E-state index is 10.6. The molecule has 0 atom stereocenters. The van der Waals surface area contributed by atoms with Crippen molar-refractivity contribution in [3.8, 4) is 17.6 Å². The van der Waals surface area contributed by atoms with Crippen molar-refractivity contribution in [2.75, 3.05) is 0 Å². The predicted molar refractivity (Wildman–Crippen MR) is 79.4 cm³/mol. The average molecular weight is 300 g/mol. The van der Waals surface area contributed by atoms with Gasteiger partial charge in [-0.3, -0.25) is 0 Å². The van der Waals surface area contributed by atoms with Gasteiger partial charge in [0.25, 0.3) is 0 Å².